The average molecular weight is 178 g/mol. The highest BCUT2D eigenvalue weighted by Gasteiger charge is 1.99. The second kappa shape index (κ2) is 4.07. The molecule has 0 spiro atoms. The molecule has 0 unspecified atom stereocenters. The summed E-state index contributed by atoms with van der Waals surface area (Å²) in [5, 5.41) is 16.7. The highest BCUT2D eigenvalue weighted by atomic mass is 16.5. The predicted molar refractivity (Wildman–Crippen MR) is 42.1 cm³/mol. The summed E-state index contributed by atoms with van der Waals surface area (Å²) in [7, 11) is 0. The van der Waals surface area contributed by atoms with E-state index in [9.17, 15) is 4.79 Å². The first kappa shape index (κ1) is 9.00. The van der Waals surface area contributed by atoms with Gasteiger partial charge in [0.2, 0.25) is 5.88 Å². The molecule has 0 aliphatic rings. The van der Waals surface area contributed by atoms with E-state index in [4.69, 9.17) is 15.1 Å². The van der Waals surface area contributed by atoms with Crippen LogP contribution in [0.4, 0.5) is 0 Å². The Kier molecular flexibility index (Phi) is 2.82. The lowest BCUT2D eigenvalue weighted by molar-refractivity contribution is -0.139. The summed E-state index contributed by atoms with van der Waals surface area (Å²) in [4.78, 5) is 13.8. The summed E-state index contributed by atoms with van der Waals surface area (Å²) in [5.41, 5.74) is 0.405. The van der Waals surface area contributed by atoms with E-state index in [2.05, 4.69) is 4.98 Å². The molecular formula is C8H6N2O3. The van der Waals surface area contributed by atoms with Gasteiger partial charge in [-0.2, -0.15) is 5.26 Å². The number of carbonyl (C=O) groups is 1. The number of hydrogen-bond acceptors (Lipinski definition) is 4. The molecule has 0 aromatic carbocycles. The summed E-state index contributed by atoms with van der Waals surface area (Å²) in [6.07, 6.45) is 1.32. The number of pyridine rings is 1. The molecule has 0 amide bonds. The van der Waals surface area contributed by atoms with Crippen molar-refractivity contribution in [3.05, 3.63) is 23.9 Å². The van der Waals surface area contributed by atoms with Crippen LogP contribution in [0.5, 0.6) is 5.88 Å². The van der Waals surface area contributed by atoms with Crippen LogP contribution in [-0.2, 0) is 4.79 Å². The van der Waals surface area contributed by atoms with E-state index in [0.29, 0.717) is 5.56 Å². The van der Waals surface area contributed by atoms with Gasteiger partial charge in [-0.1, -0.05) is 0 Å². The number of ether oxygens (including phenoxy) is 1. The standard InChI is InChI=1S/C8H6N2O3/c9-3-6-1-2-7(10-4-6)13-5-8(11)12/h1-2,4H,5H2,(H,11,12). The Morgan fingerprint density at radius 2 is 2.46 bits per heavy atom. The Hall–Kier alpha value is -2.09. The molecule has 1 aromatic rings. The maximum Gasteiger partial charge on any atom is 0.341 e. The van der Waals surface area contributed by atoms with Crippen molar-refractivity contribution in [3.8, 4) is 11.9 Å². The molecular weight excluding hydrogens is 172 g/mol. The molecule has 0 saturated heterocycles. The lowest BCUT2D eigenvalue weighted by Gasteiger charge is -2.00. The van der Waals surface area contributed by atoms with Gasteiger partial charge in [-0.15, -0.1) is 0 Å². The van der Waals surface area contributed by atoms with Crippen LogP contribution in [0.2, 0.25) is 0 Å². The zero-order valence-electron chi connectivity index (χ0n) is 6.60. The molecule has 1 aromatic heterocycles. The van der Waals surface area contributed by atoms with Crippen LogP contribution >= 0.6 is 0 Å². The Morgan fingerprint density at radius 1 is 1.69 bits per heavy atom. The van der Waals surface area contributed by atoms with Gasteiger partial charge in [-0.05, 0) is 6.07 Å². The summed E-state index contributed by atoms with van der Waals surface area (Å²) >= 11 is 0. The summed E-state index contributed by atoms with van der Waals surface area (Å²) in [5.74, 6) is -0.868. The SMILES string of the molecule is N#Cc1ccc(OCC(=O)O)nc1. The lowest BCUT2D eigenvalue weighted by atomic mass is 10.3. The van der Waals surface area contributed by atoms with E-state index in [1.165, 1.54) is 18.3 Å². The van der Waals surface area contributed by atoms with Crippen LogP contribution in [-0.4, -0.2) is 22.7 Å². The molecule has 0 aliphatic carbocycles. The van der Waals surface area contributed by atoms with Crippen LogP contribution in [0.25, 0.3) is 0 Å². The average Bonchev–Trinajstić information content (AvgIpc) is 2.15. The van der Waals surface area contributed by atoms with E-state index in [1.807, 2.05) is 6.07 Å². The smallest absolute Gasteiger partial charge is 0.341 e. The molecule has 0 bridgehead atoms. The van der Waals surface area contributed by atoms with Gasteiger partial charge in [0.15, 0.2) is 6.61 Å². The van der Waals surface area contributed by atoms with Gasteiger partial charge >= 0.3 is 5.97 Å². The second-order valence-electron chi connectivity index (χ2n) is 2.18. The molecule has 1 rings (SSSR count). The molecule has 13 heavy (non-hydrogen) atoms. The minimum atomic E-state index is -1.06. The van der Waals surface area contributed by atoms with Gasteiger partial charge in [0.05, 0.1) is 5.56 Å². The van der Waals surface area contributed by atoms with Crippen LogP contribution in [0.3, 0.4) is 0 Å². The van der Waals surface area contributed by atoms with E-state index in [1.54, 1.807) is 0 Å². The molecule has 1 heterocycles. The first-order valence-electron chi connectivity index (χ1n) is 3.43. The van der Waals surface area contributed by atoms with Gasteiger partial charge in [0.1, 0.15) is 6.07 Å². The fourth-order valence-corrected chi connectivity index (χ4v) is 0.667. The molecule has 1 N–H and O–H groups in total. The van der Waals surface area contributed by atoms with Gasteiger partial charge in [0.25, 0.3) is 0 Å². The normalized spacial score (nSPS) is 8.85. The van der Waals surface area contributed by atoms with Crippen molar-refractivity contribution in [3.63, 3.8) is 0 Å². The number of aromatic nitrogens is 1. The summed E-state index contributed by atoms with van der Waals surface area (Å²) < 4.78 is 4.75. The highest BCUT2D eigenvalue weighted by Crippen LogP contribution is 2.05. The summed E-state index contributed by atoms with van der Waals surface area (Å²) in [6.45, 7) is -0.432. The zero-order chi connectivity index (χ0) is 9.68. The Bertz CT molecular complexity index is 339. The van der Waals surface area contributed by atoms with Crippen molar-refractivity contribution in [1.29, 1.82) is 5.26 Å². The molecule has 5 nitrogen and oxygen atoms in total. The van der Waals surface area contributed by atoms with Gasteiger partial charge in [-0.25, -0.2) is 9.78 Å². The number of aliphatic carboxylic acids is 1. The van der Waals surface area contributed by atoms with Crippen LogP contribution < -0.4 is 4.74 Å². The van der Waals surface area contributed by atoms with Crippen molar-refractivity contribution in [1.82, 2.24) is 4.98 Å². The maximum absolute atomic E-state index is 10.1. The third-order valence-corrected chi connectivity index (χ3v) is 1.21. The fraction of sp³-hybridized carbons (Fsp3) is 0.125. The Balaban J connectivity index is 2.60. The third-order valence-electron chi connectivity index (χ3n) is 1.21. The van der Waals surface area contributed by atoms with Crippen molar-refractivity contribution in [2.45, 2.75) is 0 Å². The summed E-state index contributed by atoms with van der Waals surface area (Å²) in [6, 6.07) is 4.83. The minimum Gasteiger partial charge on any atom is -0.479 e. The number of rotatable bonds is 3. The van der Waals surface area contributed by atoms with Crippen molar-refractivity contribution < 1.29 is 14.6 Å². The first-order valence-corrected chi connectivity index (χ1v) is 3.43. The predicted octanol–water partition coefficient (Wildman–Crippen LogP) is 0.417. The fourth-order valence-electron chi connectivity index (χ4n) is 0.667. The van der Waals surface area contributed by atoms with Gasteiger partial charge < -0.3 is 9.84 Å². The monoisotopic (exact) mass is 178 g/mol. The first-order chi connectivity index (χ1) is 6.22. The molecule has 0 saturated carbocycles. The Labute approximate surface area is 74.2 Å². The molecule has 0 atom stereocenters. The van der Waals surface area contributed by atoms with E-state index in [-0.39, 0.29) is 5.88 Å². The topological polar surface area (TPSA) is 83.2 Å². The second-order valence-corrected chi connectivity index (χ2v) is 2.18. The molecule has 0 aliphatic heterocycles. The zero-order valence-corrected chi connectivity index (χ0v) is 6.60. The number of hydrogen-bond donors (Lipinski definition) is 1. The number of nitrogens with zero attached hydrogens (tertiary/aromatic N) is 2. The molecule has 5 heteroatoms. The van der Waals surface area contributed by atoms with E-state index < -0.39 is 12.6 Å². The number of carboxylic acid groups (broad SMARTS) is 1. The largest absolute Gasteiger partial charge is 0.479 e. The van der Waals surface area contributed by atoms with E-state index in [0.717, 1.165) is 0 Å². The Morgan fingerprint density at radius 3 is 2.92 bits per heavy atom. The van der Waals surface area contributed by atoms with Crippen LogP contribution in [0.15, 0.2) is 18.3 Å². The lowest BCUT2D eigenvalue weighted by Crippen LogP contribution is -2.10. The quantitative estimate of drug-likeness (QED) is 0.724. The van der Waals surface area contributed by atoms with Crippen molar-refractivity contribution in [2.24, 2.45) is 0 Å². The third kappa shape index (κ3) is 2.79. The van der Waals surface area contributed by atoms with Gasteiger partial charge in [-0.3, -0.25) is 0 Å². The van der Waals surface area contributed by atoms with Crippen LogP contribution in [0, 0.1) is 11.3 Å². The van der Waals surface area contributed by atoms with Gasteiger partial charge in [0, 0.05) is 12.3 Å². The van der Waals surface area contributed by atoms with Crippen molar-refractivity contribution >= 4 is 5.97 Å². The highest BCUT2D eigenvalue weighted by molar-refractivity contribution is 5.68. The minimum absolute atomic E-state index is 0.196. The van der Waals surface area contributed by atoms with Crippen molar-refractivity contribution in [2.75, 3.05) is 6.61 Å². The number of carboxylic acids is 1. The molecule has 66 valence electrons. The molecule has 0 radical (unpaired) electrons. The van der Waals surface area contributed by atoms with Crippen LogP contribution in [0.1, 0.15) is 5.56 Å². The molecule has 0 fully saturated rings. The number of nitriles is 1. The van der Waals surface area contributed by atoms with E-state index >= 15 is 0 Å². The maximum atomic E-state index is 10.1.